The van der Waals surface area contributed by atoms with Crippen LogP contribution in [0.3, 0.4) is 0 Å². The maximum Gasteiger partial charge on any atom is 0.416 e. The Hall–Kier alpha value is -4.16. The van der Waals surface area contributed by atoms with Gasteiger partial charge >= 0.3 is 12.4 Å². The number of anilines is 2. The van der Waals surface area contributed by atoms with Gasteiger partial charge in [0.1, 0.15) is 0 Å². The molecule has 1 aliphatic carbocycles. The van der Waals surface area contributed by atoms with Gasteiger partial charge in [0.2, 0.25) is 11.9 Å². The van der Waals surface area contributed by atoms with Crippen molar-refractivity contribution in [3.05, 3.63) is 83.7 Å². The molecule has 0 unspecified atom stereocenters. The summed E-state index contributed by atoms with van der Waals surface area (Å²) in [6.07, 6.45) is -3.17. The molecule has 4 rings (SSSR count). The molecule has 1 aliphatic rings. The fourth-order valence-electron chi connectivity index (χ4n) is 4.11. The van der Waals surface area contributed by atoms with Gasteiger partial charge in [0.05, 0.1) is 11.1 Å². The SMILES string of the molecule is O=C(/N=C(/Nc1cccc(C(F)(F)F)c1)N[C@H]1CC[C@H](Nc2ncccn2)CC1)c1ccc(C(F)(F)F)cc1. The number of nitrogens with zero attached hydrogens (tertiary/aromatic N) is 3. The molecule has 1 heterocycles. The molecule has 39 heavy (non-hydrogen) atoms. The van der Waals surface area contributed by atoms with Gasteiger partial charge in [0.25, 0.3) is 5.91 Å². The molecule has 1 aromatic heterocycles. The van der Waals surface area contributed by atoms with E-state index in [0.29, 0.717) is 18.8 Å². The van der Waals surface area contributed by atoms with E-state index < -0.39 is 29.4 Å². The second kappa shape index (κ2) is 11.7. The molecule has 7 nitrogen and oxygen atoms in total. The molecule has 0 aliphatic heterocycles. The molecule has 206 valence electrons. The Balaban J connectivity index is 1.49. The smallest absolute Gasteiger partial charge is 0.353 e. The van der Waals surface area contributed by atoms with Crippen molar-refractivity contribution in [2.45, 2.75) is 50.1 Å². The summed E-state index contributed by atoms with van der Waals surface area (Å²) in [5, 5.41) is 9.06. The van der Waals surface area contributed by atoms with E-state index in [1.807, 2.05) is 0 Å². The molecule has 1 saturated carbocycles. The van der Waals surface area contributed by atoms with Crippen LogP contribution in [0.5, 0.6) is 0 Å². The van der Waals surface area contributed by atoms with Crippen molar-refractivity contribution in [3.63, 3.8) is 0 Å². The Morgan fingerprint density at radius 3 is 2.03 bits per heavy atom. The van der Waals surface area contributed by atoms with Crippen LogP contribution in [0.25, 0.3) is 0 Å². The number of aliphatic imine (C=N–C) groups is 1. The van der Waals surface area contributed by atoms with Crippen molar-refractivity contribution >= 4 is 23.5 Å². The summed E-state index contributed by atoms with van der Waals surface area (Å²) < 4.78 is 78.2. The van der Waals surface area contributed by atoms with E-state index in [0.717, 1.165) is 49.2 Å². The first-order chi connectivity index (χ1) is 18.5. The van der Waals surface area contributed by atoms with Crippen molar-refractivity contribution in [1.82, 2.24) is 15.3 Å². The number of nitrogens with one attached hydrogen (secondary N) is 3. The third-order valence-corrected chi connectivity index (χ3v) is 6.09. The Bertz CT molecular complexity index is 1290. The number of rotatable bonds is 5. The Kier molecular flexibility index (Phi) is 8.36. The van der Waals surface area contributed by atoms with Gasteiger partial charge in [-0.3, -0.25) is 4.79 Å². The molecule has 0 spiro atoms. The standard InChI is InChI=1S/C26H24F6N6O/c27-25(28,29)17-7-5-16(6-8-17)22(39)38-24(37-21-4-1-3-18(15-21)26(30,31)32)36-20-11-9-19(10-12-20)35-23-33-13-2-14-34-23/h1-8,13-15,19-20H,9-12H2,(H,33,34,35)(H2,36,37,38,39)/t19-,20-. The predicted molar refractivity (Wildman–Crippen MR) is 133 cm³/mol. The largest absolute Gasteiger partial charge is 0.416 e. The predicted octanol–water partition coefficient (Wildman–Crippen LogP) is 6.14. The van der Waals surface area contributed by atoms with Crippen LogP contribution in [-0.4, -0.2) is 33.9 Å². The summed E-state index contributed by atoms with van der Waals surface area (Å²) >= 11 is 0. The van der Waals surface area contributed by atoms with E-state index in [9.17, 15) is 31.1 Å². The Morgan fingerprint density at radius 1 is 0.795 bits per heavy atom. The van der Waals surface area contributed by atoms with E-state index in [2.05, 4.69) is 30.9 Å². The summed E-state index contributed by atoms with van der Waals surface area (Å²) in [5.41, 5.74) is -1.89. The fourth-order valence-corrected chi connectivity index (χ4v) is 4.11. The number of amides is 1. The van der Waals surface area contributed by atoms with Gasteiger partial charge in [-0.1, -0.05) is 6.07 Å². The average molecular weight is 551 g/mol. The monoisotopic (exact) mass is 550 g/mol. The summed E-state index contributed by atoms with van der Waals surface area (Å²) in [7, 11) is 0. The summed E-state index contributed by atoms with van der Waals surface area (Å²) in [5.74, 6) is -0.464. The van der Waals surface area contributed by atoms with E-state index >= 15 is 0 Å². The maximum atomic E-state index is 13.2. The highest BCUT2D eigenvalue weighted by molar-refractivity contribution is 6.06. The molecule has 1 amide bonds. The van der Waals surface area contributed by atoms with Crippen LogP contribution in [0.1, 0.15) is 47.2 Å². The first kappa shape index (κ1) is 27.9. The van der Waals surface area contributed by atoms with Crippen LogP contribution < -0.4 is 16.0 Å². The summed E-state index contributed by atoms with van der Waals surface area (Å²) in [6, 6.07) is 9.55. The number of carbonyl (C=O) groups excluding carboxylic acids is 1. The van der Waals surface area contributed by atoms with Crippen molar-refractivity contribution in [3.8, 4) is 0 Å². The zero-order valence-corrected chi connectivity index (χ0v) is 20.4. The fraction of sp³-hybridized carbons (Fsp3) is 0.308. The third-order valence-electron chi connectivity index (χ3n) is 6.09. The number of alkyl halides is 6. The van der Waals surface area contributed by atoms with Crippen molar-refractivity contribution in [2.75, 3.05) is 10.6 Å². The normalized spacial score (nSPS) is 18.4. The minimum Gasteiger partial charge on any atom is -0.353 e. The number of hydrogen-bond donors (Lipinski definition) is 3. The van der Waals surface area contributed by atoms with E-state index in [1.54, 1.807) is 18.5 Å². The minimum absolute atomic E-state index is 0.0351. The zero-order valence-electron chi connectivity index (χ0n) is 20.4. The Labute approximate surface area is 219 Å². The van der Waals surface area contributed by atoms with Gasteiger partial charge in [-0.2, -0.15) is 31.3 Å². The number of aromatic nitrogens is 2. The van der Waals surface area contributed by atoms with Crippen molar-refractivity contribution in [2.24, 2.45) is 4.99 Å². The Morgan fingerprint density at radius 2 is 1.41 bits per heavy atom. The molecule has 0 bridgehead atoms. The molecule has 1 fully saturated rings. The molecular formula is C26H24F6N6O. The first-order valence-corrected chi connectivity index (χ1v) is 12.0. The van der Waals surface area contributed by atoms with Gasteiger partial charge < -0.3 is 16.0 Å². The van der Waals surface area contributed by atoms with E-state index in [4.69, 9.17) is 0 Å². The van der Waals surface area contributed by atoms with E-state index in [-0.39, 0.29) is 29.3 Å². The van der Waals surface area contributed by atoms with Crippen LogP contribution in [0.4, 0.5) is 38.0 Å². The van der Waals surface area contributed by atoms with Crippen molar-refractivity contribution in [1.29, 1.82) is 0 Å². The van der Waals surface area contributed by atoms with Crippen LogP contribution in [0.15, 0.2) is 72.0 Å². The third kappa shape index (κ3) is 7.91. The van der Waals surface area contributed by atoms with Crippen LogP contribution >= 0.6 is 0 Å². The first-order valence-electron chi connectivity index (χ1n) is 12.0. The lowest BCUT2D eigenvalue weighted by molar-refractivity contribution is -0.138. The van der Waals surface area contributed by atoms with Crippen LogP contribution in [-0.2, 0) is 12.4 Å². The van der Waals surface area contributed by atoms with Gasteiger partial charge in [0, 0.05) is 35.7 Å². The number of halogens is 6. The lowest BCUT2D eigenvalue weighted by Gasteiger charge is -2.30. The molecule has 3 aromatic rings. The second-order valence-corrected chi connectivity index (χ2v) is 8.95. The number of benzene rings is 2. The van der Waals surface area contributed by atoms with Crippen molar-refractivity contribution < 1.29 is 31.1 Å². The van der Waals surface area contributed by atoms with Crippen LogP contribution in [0, 0.1) is 0 Å². The van der Waals surface area contributed by atoms with E-state index in [1.165, 1.54) is 12.1 Å². The van der Waals surface area contributed by atoms with Gasteiger partial charge in [-0.15, -0.1) is 0 Å². The molecule has 2 aromatic carbocycles. The number of guanidine groups is 1. The highest BCUT2D eigenvalue weighted by Gasteiger charge is 2.31. The second-order valence-electron chi connectivity index (χ2n) is 8.95. The highest BCUT2D eigenvalue weighted by atomic mass is 19.4. The molecule has 0 atom stereocenters. The van der Waals surface area contributed by atoms with Gasteiger partial charge in [-0.05, 0) is 74.2 Å². The molecule has 0 radical (unpaired) electrons. The summed E-state index contributed by atoms with van der Waals surface area (Å²) in [4.78, 5) is 25.0. The lowest BCUT2D eigenvalue weighted by atomic mass is 9.91. The number of carbonyl (C=O) groups is 1. The maximum absolute atomic E-state index is 13.2. The number of hydrogen-bond acceptors (Lipinski definition) is 4. The molecular weight excluding hydrogens is 526 g/mol. The quantitative estimate of drug-likeness (QED) is 0.201. The zero-order chi connectivity index (χ0) is 28.0. The molecule has 13 heteroatoms. The summed E-state index contributed by atoms with van der Waals surface area (Å²) in [6.45, 7) is 0. The average Bonchev–Trinajstić information content (AvgIpc) is 2.89. The highest BCUT2D eigenvalue weighted by Crippen LogP contribution is 2.31. The minimum atomic E-state index is -4.58. The topological polar surface area (TPSA) is 91.3 Å². The lowest BCUT2D eigenvalue weighted by Crippen LogP contribution is -2.43. The van der Waals surface area contributed by atoms with Crippen LogP contribution in [0.2, 0.25) is 0 Å². The van der Waals surface area contributed by atoms with Gasteiger partial charge in [-0.25, -0.2) is 9.97 Å². The molecule has 0 saturated heterocycles. The van der Waals surface area contributed by atoms with Gasteiger partial charge in [0.15, 0.2) is 0 Å². The molecule has 3 N–H and O–H groups in total.